The zero-order valence-electron chi connectivity index (χ0n) is 10.7. The van der Waals surface area contributed by atoms with E-state index in [2.05, 4.69) is 17.2 Å². The number of nitrogens with zero attached hydrogens (tertiary/aromatic N) is 1. The Hall–Kier alpha value is -1.83. The first-order valence-electron chi connectivity index (χ1n) is 5.72. The number of aliphatic hydroxyl groups is 1. The Labute approximate surface area is 108 Å². The number of benzene rings is 1. The highest BCUT2D eigenvalue weighted by Gasteiger charge is 2.04. The summed E-state index contributed by atoms with van der Waals surface area (Å²) in [4.78, 5) is 13.3. The lowest BCUT2D eigenvalue weighted by molar-refractivity contribution is -0.121. The smallest absolute Gasteiger partial charge is 0.234 e. The predicted molar refractivity (Wildman–Crippen MR) is 70.8 cm³/mol. The molecule has 4 heteroatoms. The summed E-state index contributed by atoms with van der Waals surface area (Å²) < 4.78 is 0. The standard InChI is InChI=1S/C14H18N2O2/c1-16(2)11-14(18)15-10-13-7-4-3-6-12(13)8-5-9-17/h3-4,6-7,17H,9-11H2,1-2H3,(H,15,18). The maximum atomic E-state index is 11.5. The van der Waals surface area contributed by atoms with E-state index < -0.39 is 0 Å². The van der Waals surface area contributed by atoms with Crippen LogP contribution in [0.2, 0.25) is 0 Å². The third-order valence-corrected chi connectivity index (χ3v) is 2.26. The average molecular weight is 246 g/mol. The molecule has 0 atom stereocenters. The van der Waals surface area contributed by atoms with Gasteiger partial charge in [0, 0.05) is 12.1 Å². The number of nitrogens with one attached hydrogen (secondary N) is 1. The van der Waals surface area contributed by atoms with Crippen LogP contribution in [0.5, 0.6) is 0 Å². The Kier molecular flexibility index (Phi) is 5.92. The molecule has 0 radical (unpaired) electrons. The number of amides is 1. The monoisotopic (exact) mass is 246 g/mol. The summed E-state index contributed by atoms with van der Waals surface area (Å²) in [6, 6.07) is 7.57. The fourth-order valence-electron chi connectivity index (χ4n) is 1.47. The normalized spacial score (nSPS) is 9.78. The van der Waals surface area contributed by atoms with E-state index >= 15 is 0 Å². The fraction of sp³-hybridized carbons (Fsp3) is 0.357. The first kappa shape index (κ1) is 14.2. The third-order valence-electron chi connectivity index (χ3n) is 2.26. The van der Waals surface area contributed by atoms with Crippen LogP contribution in [-0.4, -0.2) is 43.2 Å². The molecule has 1 aromatic carbocycles. The second kappa shape index (κ2) is 7.49. The molecule has 96 valence electrons. The Morgan fingerprint density at radius 1 is 1.39 bits per heavy atom. The van der Waals surface area contributed by atoms with Crippen LogP contribution < -0.4 is 5.32 Å². The van der Waals surface area contributed by atoms with Gasteiger partial charge in [-0.25, -0.2) is 0 Å². The fourth-order valence-corrected chi connectivity index (χ4v) is 1.47. The lowest BCUT2D eigenvalue weighted by atomic mass is 10.1. The zero-order chi connectivity index (χ0) is 13.4. The van der Waals surface area contributed by atoms with Crippen molar-refractivity contribution in [2.75, 3.05) is 27.2 Å². The molecule has 0 aliphatic rings. The van der Waals surface area contributed by atoms with Crippen LogP contribution in [0.25, 0.3) is 0 Å². The van der Waals surface area contributed by atoms with E-state index in [1.807, 2.05) is 43.3 Å². The van der Waals surface area contributed by atoms with Crippen LogP contribution >= 0.6 is 0 Å². The van der Waals surface area contributed by atoms with Crippen LogP contribution in [0.4, 0.5) is 0 Å². The minimum Gasteiger partial charge on any atom is -0.384 e. The van der Waals surface area contributed by atoms with E-state index in [9.17, 15) is 4.79 Å². The maximum absolute atomic E-state index is 11.5. The van der Waals surface area contributed by atoms with E-state index in [0.717, 1.165) is 11.1 Å². The van der Waals surface area contributed by atoms with Crippen molar-refractivity contribution >= 4 is 5.91 Å². The van der Waals surface area contributed by atoms with E-state index in [1.165, 1.54) is 0 Å². The summed E-state index contributed by atoms with van der Waals surface area (Å²) in [5.41, 5.74) is 1.78. The van der Waals surface area contributed by atoms with E-state index in [-0.39, 0.29) is 12.5 Å². The third kappa shape index (κ3) is 5.00. The number of carbonyl (C=O) groups is 1. The lowest BCUT2D eigenvalue weighted by Gasteiger charge is -2.10. The number of aliphatic hydroxyl groups excluding tert-OH is 1. The molecule has 2 N–H and O–H groups in total. The quantitative estimate of drug-likeness (QED) is 0.747. The summed E-state index contributed by atoms with van der Waals surface area (Å²) in [5, 5.41) is 11.5. The summed E-state index contributed by atoms with van der Waals surface area (Å²) >= 11 is 0. The van der Waals surface area contributed by atoms with Crippen molar-refractivity contribution in [2.24, 2.45) is 0 Å². The number of hydrogen-bond donors (Lipinski definition) is 2. The molecule has 0 aliphatic carbocycles. The maximum Gasteiger partial charge on any atom is 0.234 e. The van der Waals surface area contributed by atoms with E-state index in [0.29, 0.717) is 13.1 Å². The van der Waals surface area contributed by atoms with Gasteiger partial charge >= 0.3 is 0 Å². The second-order valence-electron chi connectivity index (χ2n) is 4.13. The van der Waals surface area contributed by atoms with Crippen LogP contribution in [0.3, 0.4) is 0 Å². The molecular weight excluding hydrogens is 228 g/mol. The highest BCUT2D eigenvalue weighted by molar-refractivity contribution is 5.78. The van der Waals surface area contributed by atoms with Crippen LogP contribution in [0, 0.1) is 11.8 Å². The molecule has 0 heterocycles. The van der Waals surface area contributed by atoms with Gasteiger partial charge in [-0.05, 0) is 25.7 Å². The van der Waals surface area contributed by atoms with Crippen molar-refractivity contribution in [2.45, 2.75) is 6.54 Å². The SMILES string of the molecule is CN(C)CC(=O)NCc1ccccc1C#CCO. The largest absolute Gasteiger partial charge is 0.384 e. The molecule has 0 fully saturated rings. The van der Waals surface area contributed by atoms with Crippen molar-refractivity contribution in [3.8, 4) is 11.8 Å². The van der Waals surface area contributed by atoms with Gasteiger partial charge in [-0.3, -0.25) is 4.79 Å². The van der Waals surface area contributed by atoms with Gasteiger partial charge in [0.05, 0.1) is 6.54 Å². The van der Waals surface area contributed by atoms with Gasteiger partial charge in [-0.2, -0.15) is 0 Å². The second-order valence-corrected chi connectivity index (χ2v) is 4.13. The van der Waals surface area contributed by atoms with Crippen molar-refractivity contribution in [1.29, 1.82) is 0 Å². The minimum absolute atomic E-state index is 0.0232. The van der Waals surface area contributed by atoms with Gasteiger partial charge in [0.2, 0.25) is 5.91 Å². The van der Waals surface area contributed by atoms with E-state index in [1.54, 1.807) is 0 Å². The van der Waals surface area contributed by atoms with Crippen LogP contribution in [0.1, 0.15) is 11.1 Å². The predicted octanol–water partition coefficient (Wildman–Crippen LogP) is 0.208. The number of carbonyl (C=O) groups excluding carboxylic acids is 1. The topological polar surface area (TPSA) is 52.6 Å². The first-order chi connectivity index (χ1) is 8.63. The molecule has 0 unspecified atom stereocenters. The van der Waals surface area contributed by atoms with Gasteiger partial charge in [0.1, 0.15) is 6.61 Å². The molecule has 1 amide bonds. The van der Waals surface area contributed by atoms with Crippen LogP contribution in [-0.2, 0) is 11.3 Å². The van der Waals surface area contributed by atoms with Gasteiger partial charge < -0.3 is 15.3 Å². The molecule has 1 aromatic rings. The van der Waals surface area contributed by atoms with Crippen LogP contribution in [0.15, 0.2) is 24.3 Å². The molecule has 4 nitrogen and oxygen atoms in total. The molecular formula is C14H18N2O2. The summed E-state index contributed by atoms with van der Waals surface area (Å²) in [7, 11) is 3.69. The van der Waals surface area contributed by atoms with Crippen molar-refractivity contribution < 1.29 is 9.90 Å². The molecule has 18 heavy (non-hydrogen) atoms. The van der Waals surface area contributed by atoms with Crippen molar-refractivity contribution in [1.82, 2.24) is 10.2 Å². The molecule has 0 saturated heterocycles. The Balaban J connectivity index is 2.64. The summed E-state index contributed by atoms with van der Waals surface area (Å²) in [5.74, 6) is 5.45. The Bertz CT molecular complexity index is 458. The van der Waals surface area contributed by atoms with E-state index in [4.69, 9.17) is 5.11 Å². The molecule has 0 aliphatic heterocycles. The lowest BCUT2D eigenvalue weighted by Crippen LogP contribution is -2.32. The van der Waals surface area contributed by atoms with Gasteiger partial charge in [-0.15, -0.1) is 0 Å². The molecule has 0 bridgehead atoms. The molecule has 0 saturated carbocycles. The molecule has 0 spiro atoms. The van der Waals surface area contributed by atoms with Crippen molar-refractivity contribution in [3.63, 3.8) is 0 Å². The first-order valence-corrected chi connectivity index (χ1v) is 5.72. The highest BCUT2D eigenvalue weighted by atomic mass is 16.2. The molecule has 0 aromatic heterocycles. The summed E-state index contributed by atoms with van der Waals surface area (Å²) in [6.45, 7) is 0.648. The number of rotatable bonds is 4. The minimum atomic E-state index is -0.165. The van der Waals surface area contributed by atoms with Gasteiger partial charge in [-0.1, -0.05) is 30.0 Å². The number of hydrogen-bond acceptors (Lipinski definition) is 3. The number of likely N-dealkylation sites (N-methyl/N-ethyl adjacent to an activating group) is 1. The highest BCUT2D eigenvalue weighted by Crippen LogP contribution is 2.06. The summed E-state index contributed by atoms with van der Waals surface area (Å²) in [6.07, 6.45) is 0. The van der Waals surface area contributed by atoms with Gasteiger partial charge in [0.15, 0.2) is 0 Å². The Morgan fingerprint density at radius 3 is 2.78 bits per heavy atom. The van der Waals surface area contributed by atoms with Crippen molar-refractivity contribution in [3.05, 3.63) is 35.4 Å². The van der Waals surface area contributed by atoms with Gasteiger partial charge in [0.25, 0.3) is 0 Å². The Morgan fingerprint density at radius 2 is 2.11 bits per heavy atom. The average Bonchev–Trinajstić information content (AvgIpc) is 2.34. The molecule has 1 rings (SSSR count). The zero-order valence-corrected chi connectivity index (χ0v) is 10.7.